The Hall–Kier alpha value is -2.48. The maximum absolute atomic E-state index is 12.3. The van der Waals surface area contributed by atoms with E-state index in [1.54, 1.807) is 0 Å². The number of sulfonamides is 1. The van der Waals surface area contributed by atoms with Gasteiger partial charge in [0, 0.05) is 5.38 Å². The molecule has 1 unspecified atom stereocenters. The lowest BCUT2D eigenvalue weighted by Crippen LogP contribution is -2.26. The summed E-state index contributed by atoms with van der Waals surface area (Å²) in [5, 5.41) is 9.43. The first-order valence-electron chi connectivity index (χ1n) is 7.92. The molecule has 0 aliphatic rings. The molecule has 1 amide bonds. The molecule has 3 aromatic rings. The Morgan fingerprint density at radius 2 is 1.65 bits per heavy atom. The van der Waals surface area contributed by atoms with E-state index in [1.807, 2.05) is 61.5 Å². The minimum atomic E-state index is -3.79. The second-order valence-electron chi connectivity index (χ2n) is 5.88. The van der Waals surface area contributed by atoms with E-state index in [2.05, 4.69) is 5.32 Å². The summed E-state index contributed by atoms with van der Waals surface area (Å²) in [7, 11) is -3.79. The smallest absolute Gasteiger partial charge is 0.252 e. The summed E-state index contributed by atoms with van der Waals surface area (Å²) in [6, 6.07) is 19.1. The molecule has 1 atom stereocenters. The van der Waals surface area contributed by atoms with Gasteiger partial charge in [-0.05, 0) is 29.7 Å². The predicted molar refractivity (Wildman–Crippen MR) is 103 cm³/mol. The lowest BCUT2D eigenvalue weighted by Gasteiger charge is -2.14. The van der Waals surface area contributed by atoms with Crippen LogP contribution in [0.2, 0.25) is 0 Å². The Bertz CT molecular complexity index is 1010. The fraction of sp³-hybridized carbons (Fsp3) is 0.105. The molecule has 26 heavy (non-hydrogen) atoms. The third kappa shape index (κ3) is 4.19. The van der Waals surface area contributed by atoms with Gasteiger partial charge in [0.25, 0.3) is 5.91 Å². The Labute approximate surface area is 156 Å². The van der Waals surface area contributed by atoms with Crippen molar-refractivity contribution in [1.82, 2.24) is 5.32 Å². The van der Waals surface area contributed by atoms with Crippen molar-refractivity contribution in [3.63, 3.8) is 0 Å². The van der Waals surface area contributed by atoms with Crippen LogP contribution in [0.1, 0.15) is 28.9 Å². The molecule has 1 aromatic heterocycles. The van der Waals surface area contributed by atoms with E-state index < -0.39 is 10.0 Å². The normalized spacial score (nSPS) is 12.5. The number of nitrogens with two attached hydrogens (primary N) is 1. The van der Waals surface area contributed by atoms with Crippen LogP contribution >= 0.6 is 11.3 Å². The largest absolute Gasteiger partial charge is 0.345 e. The van der Waals surface area contributed by atoms with Gasteiger partial charge in [-0.3, -0.25) is 4.79 Å². The van der Waals surface area contributed by atoms with E-state index in [9.17, 15) is 13.2 Å². The number of thiophene rings is 1. The molecule has 2 aromatic carbocycles. The number of nitrogens with one attached hydrogen (secondary N) is 1. The van der Waals surface area contributed by atoms with Crippen LogP contribution in [0.4, 0.5) is 0 Å². The zero-order valence-electron chi connectivity index (χ0n) is 14.0. The molecule has 5 nitrogen and oxygen atoms in total. The highest BCUT2D eigenvalue weighted by molar-refractivity contribution is 7.91. The van der Waals surface area contributed by atoms with Crippen LogP contribution in [0.5, 0.6) is 0 Å². The van der Waals surface area contributed by atoms with Crippen LogP contribution in [0, 0.1) is 0 Å². The van der Waals surface area contributed by atoms with Gasteiger partial charge in [-0.1, -0.05) is 54.6 Å². The molecular weight excluding hydrogens is 368 g/mol. The van der Waals surface area contributed by atoms with Gasteiger partial charge in [-0.15, -0.1) is 11.3 Å². The Morgan fingerprint density at radius 3 is 2.23 bits per heavy atom. The molecule has 0 saturated carbocycles. The average molecular weight is 386 g/mol. The van der Waals surface area contributed by atoms with Gasteiger partial charge >= 0.3 is 0 Å². The molecule has 0 spiro atoms. The van der Waals surface area contributed by atoms with Crippen LogP contribution < -0.4 is 10.5 Å². The summed E-state index contributed by atoms with van der Waals surface area (Å²) in [4.78, 5) is 12.3. The molecule has 0 fully saturated rings. The first kappa shape index (κ1) is 18.3. The fourth-order valence-corrected chi connectivity index (χ4v) is 4.13. The van der Waals surface area contributed by atoms with Crippen molar-refractivity contribution >= 4 is 27.3 Å². The van der Waals surface area contributed by atoms with E-state index in [-0.39, 0.29) is 21.7 Å². The van der Waals surface area contributed by atoms with Gasteiger partial charge < -0.3 is 5.32 Å². The van der Waals surface area contributed by atoms with Crippen LogP contribution in [0.25, 0.3) is 11.1 Å². The monoisotopic (exact) mass is 386 g/mol. The summed E-state index contributed by atoms with van der Waals surface area (Å²) < 4.78 is 22.6. The standard InChI is InChI=1S/C19H18N2O3S2/c1-13(21-19(22)17-11-18(25-12-17)26(20,23)24)14-7-9-16(10-8-14)15-5-3-2-4-6-15/h2-13H,1H3,(H,21,22)(H2,20,23,24). The molecular formula is C19H18N2O3S2. The molecule has 0 aliphatic carbocycles. The SMILES string of the molecule is CC(NC(=O)c1csc(S(N)(=O)=O)c1)c1ccc(-c2ccccc2)cc1. The van der Waals surface area contributed by atoms with Crippen molar-refractivity contribution in [2.24, 2.45) is 5.14 Å². The van der Waals surface area contributed by atoms with Gasteiger partial charge in [-0.25, -0.2) is 13.6 Å². The predicted octanol–water partition coefficient (Wildman–Crippen LogP) is 3.55. The quantitative estimate of drug-likeness (QED) is 0.703. The zero-order chi connectivity index (χ0) is 18.7. The van der Waals surface area contributed by atoms with E-state index in [4.69, 9.17) is 5.14 Å². The van der Waals surface area contributed by atoms with Crippen molar-refractivity contribution in [3.8, 4) is 11.1 Å². The van der Waals surface area contributed by atoms with Gasteiger partial charge in [0.05, 0.1) is 11.6 Å². The van der Waals surface area contributed by atoms with Crippen LogP contribution in [0.3, 0.4) is 0 Å². The first-order chi connectivity index (χ1) is 12.3. The van der Waals surface area contributed by atoms with Crippen molar-refractivity contribution in [3.05, 3.63) is 77.2 Å². The molecule has 3 N–H and O–H groups in total. The summed E-state index contributed by atoms with van der Waals surface area (Å²) >= 11 is 0.933. The molecule has 0 saturated heterocycles. The molecule has 0 radical (unpaired) electrons. The van der Waals surface area contributed by atoms with E-state index >= 15 is 0 Å². The second kappa shape index (κ2) is 7.41. The maximum atomic E-state index is 12.3. The van der Waals surface area contributed by atoms with E-state index in [0.717, 1.165) is 28.0 Å². The Morgan fingerprint density at radius 1 is 1.04 bits per heavy atom. The number of amides is 1. The fourth-order valence-electron chi connectivity index (χ4n) is 2.54. The van der Waals surface area contributed by atoms with Gasteiger partial charge in [0.1, 0.15) is 4.21 Å². The van der Waals surface area contributed by atoms with Gasteiger partial charge in [-0.2, -0.15) is 0 Å². The van der Waals surface area contributed by atoms with Crippen LogP contribution in [0.15, 0.2) is 70.3 Å². The van der Waals surface area contributed by atoms with E-state index in [1.165, 1.54) is 11.4 Å². The Kier molecular flexibility index (Phi) is 5.22. The minimum Gasteiger partial charge on any atom is -0.345 e. The minimum absolute atomic E-state index is 0.0254. The molecule has 7 heteroatoms. The average Bonchev–Trinajstić information content (AvgIpc) is 3.13. The number of hydrogen-bond donors (Lipinski definition) is 2. The summed E-state index contributed by atoms with van der Waals surface area (Å²) in [5.74, 6) is -0.337. The number of carbonyl (C=O) groups excluding carboxylic acids is 1. The highest BCUT2D eigenvalue weighted by atomic mass is 32.2. The summed E-state index contributed by atoms with van der Waals surface area (Å²) in [6.45, 7) is 1.88. The lowest BCUT2D eigenvalue weighted by molar-refractivity contribution is 0.0940. The third-order valence-corrected chi connectivity index (χ3v) is 6.37. The number of primary sulfonamides is 1. The van der Waals surface area contributed by atoms with E-state index in [0.29, 0.717) is 0 Å². The highest BCUT2D eigenvalue weighted by Gasteiger charge is 2.17. The topological polar surface area (TPSA) is 89.3 Å². The second-order valence-corrected chi connectivity index (χ2v) is 8.58. The van der Waals surface area contributed by atoms with Crippen LogP contribution in [-0.4, -0.2) is 14.3 Å². The number of carbonyl (C=O) groups is 1. The molecule has 1 heterocycles. The third-order valence-electron chi connectivity index (χ3n) is 3.98. The van der Waals surface area contributed by atoms with Gasteiger partial charge in [0.2, 0.25) is 10.0 Å². The zero-order valence-corrected chi connectivity index (χ0v) is 15.7. The van der Waals surface area contributed by atoms with Crippen LogP contribution in [-0.2, 0) is 10.0 Å². The lowest BCUT2D eigenvalue weighted by atomic mass is 10.0. The number of benzene rings is 2. The first-order valence-corrected chi connectivity index (χ1v) is 10.3. The molecule has 0 aliphatic heterocycles. The van der Waals surface area contributed by atoms with Crippen molar-refractivity contribution in [2.45, 2.75) is 17.2 Å². The molecule has 0 bridgehead atoms. The summed E-state index contributed by atoms with van der Waals surface area (Å²) in [6.07, 6.45) is 0. The number of hydrogen-bond acceptors (Lipinski definition) is 4. The van der Waals surface area contributed by atoms with Crippen molar-refractivity contribution in [1.29, 1.82) is 0 Å². The Balaban J connectivity index is 1.70. The van der Waals surface area contributed by atoms with Gasteiger partial charge in [0.15, 0.2) is 0 Å². The summed E-state index contributed by atoms with van der Waals surface area (Å²) in [5.41, 5.74) is 3.47. The molecule has 3 rings (SSSR count). The number of rotatable bonds is 5. The highest BCUT2D eigenvalue weighted by Crippen LogP contribution is 2.23. The maximum Gasteiger partial charge on any atom is 0.252 e. The van der Waals surface area contributed by atoms with Crippen molar-refractivity contribution in [2.75, 3.05) is 0 Å². The molecule has 134 valence electrons. The van der Waals surface area contributed by atoms with Crippen molar-refractivity contribution < 1.29 is 13.2 Å².